The van der Waals surface area contributed by atoms with E-state index in [0.717, 1.165) is 0 Å². The molecule has 0 aliphatic carbocycles. The second-order valence-corrected chi connectivity index (χ2v) is 11.6. The summed E-state index contributed by atoms with van der Waals surface area (Å²) < 4.78 is 16.5. The molecule has 7 heteroatoms. The molecule has 1 heterocycles. The first kappa shape index (κ1) is 18.0. The molecule has 3 N–H and O–H groups in total. The van der Waals surface area contributed by atoms with E-state index in [2.05, 4.69) is 33.9 Å². The first-order valence-corrected chi connectivity index (χ1v) is 9.75. The van der Waals surface area contributed by atoms with Gasteiger partial charge in [0.2, 0.25) is 5.79 Å². The van der Waals surface area contributed by atoms with Crippen molar-refractivity contribution < 1.29 is 29.2 Å². The van der Waals surface area contributed by atoms with Gasteiger partial charge < -0.3 is 29.2 Å². The summed E-state index contributed by atoms with van der Waals surface area (Å²) >= 11 is 0. The van der Waals surface area contributed by atoms with Gasteiger partial charge in [-0.3, -0.25) is 0 Å². The zero-order chi connectivity index (χ0) is 15.8. The molecule has 0 radical (unpaired) electrons. The van der Waals surface area contributed by atoms with Gasteiger partial charge in [0.05, 0.1) is 6.61 Å². The van der Waals surface area contributed by atoms with E-state index in [9.17, 15) is 15.3 Å². The van der Waals surface area contributed by atoms with E-state index >= 15 is 0 Å². The van der Waals surface area contributed by atoms with Crippen molar-refractivity contribution >= 4 is 8.32 Å². The van der Waals surface area contributed by atoms with Gasteiger partial charge in [0.15, 0.2) is 8.32 Å². The highest BCUT2D eigenvalue weighted by molar-refractivity contribution is 6.74. The summed E-state index contributed by atoms with van der Waals surface area (Å²) in [5, 5.41) is 29.4. The van der Waals surface area contributed by atoms with Gasteiger partial charge in [-0.1, -0.05) is 20.8 Å². The monoisotopic (exact) mass is 308 g/mol. The minimum absolute atomic E-state index is 0.0461. The second-order valence-electron chi connectivity index (χ2n) is 6.84. The normalized spacial score (nSPS) is 35.5. The molecule has 1 fully saturated rings. The Morgan fingerprint density at radius 3 is 2.15 bits per heavy atom. The smallest absolute Gasteiger partial charge is 0.221 e. The Balaban J connectivity index is 2.71. The molecule has 0 saturated carbocycles. The van der Waals surface area contributed by atoms with Crippen molar-refractivity contribution in [1.82, 2.24) is 0 Å². The summed E-state index contributed by atoms with van der Waals surface area (Å²) in [5.74, 6) is -1.57. The third kappa shape index (κ3) is 3.24. The van der Waals surface area contributed by atoms with Crippen molar-refractivity contribution in [3.05, 3.63) is 0 Å². The Bertz CT molecular complexity index is 323. The van der Waals surface area contributed by atoms with Gasteiger partial charge in [0, 0.05) is 7.11 Å². The third-order valence-electron chi connectivity index (χ3n) is 4.49. The van der Waals surface area contributed by atoms with Crippen LogP contribution in [0.4, 0.5) is 0 Å². The zero-order valence-electron chi connectivity index (χ0n) is 13.2. The molecule has 0 amide bonds. The highest BCUT2D eigenvalue weighted by Crippen LogP contribution is 2.38. The van der Waals surface area contributed by atoms with Crippen molar-refractivity contribution in [2.24, 2.45) is 0 Å². The maximum Gasteiger partial charge on any atom is 0.221 e. The predicted octanol–water partition coefficient (Wildman–Crippen LogP) is 0.464. The molecule has 0 aromatic carbocycles. The van der Waals surface area contributed by atoms with Crippen molar-refractivity contribution in [2.45, 2.75) is 63.0 Å². The van der Waals surface area contributed by atoms with Gasteiger partial charge in [0.1, 0.15) is 24.9 Å². The second kappa shape index (κ2) is 6.00. The molecule has 0 spiro atoms. The molecule has 4 atom stereocenters. The van der Waals surface area contributed by atoms with Gasteiger partial charge in [-0.25, -0.2) is 0 Å². The van der Waals surface area contributed by atoms with E-state index < -0.39 is 39.0 Å². The number of aliphatic hydroxyl groups excluding tert-OH is 3. The van der Waals surface area contributed by atoms with Gasteiger partial charge in [-0.15, -0.1) is 0 Å². The summed E-state index contributed by atoms with van der Waals surface area (Å²) in [7, 11) is -0.644. The molecular formula is C13H28O6Si. The Labute approximate surface area is 121 Å². The zero-order valence-corrected chi connectivity index (χ0v) is 14.2. The highest BCUT2D eigenvalue weighted by Gasteiger charge is 2.55. The SMILES string of the molecule is CO[C@]1(CO)O[C@H](CO[Si](C)(C)C(C)(C)C)[C@@H](O)[C@@H]1O. The van der Waals surface area contributed by atoms with E-state index in [1.54, 1.807) is 0 Å². The standard InChI is InChI=1S/C13H28O6Si/c1-12(2,3)20(5,6)18-7-9-10(15)11(16)13(8-14,17-4)19-9/h9-11,14-16H,7-8H2,1-6H3/t9-,10-,11+,13-/m1/s1. The van der Waals surface area contributed by atoms with Crippen LogP contribution in [-0.2, 0) is 13.9 Å². The summed E-state index contributed by atoms with van der Waals surface area (Å²) in [6, 6.07) is 0. The lowest BCUT2D eigenvalue weighted by Gasteiger charge is -2.37. The maximum atomic E-state index is 10.0. The first-order chi connectivity index (χ1) is 9.00. The molecule has 0 unspecified atom stereocenters. The van der Waals surface area contributed by atoms with E-state index in [-0.39, 0.29) is 11.6 Å². The highest BCUT2D eigenvalue weighted by atomic mass is 28.4. The van der Waals surface area contributed by atoms with Crippen molar-refractivity contribution in [2.75, 3.05) is 20.3 Å². The molecule has 1 aliphatic heterocycles. The topological polar surface area (TPSA) is 88.4 Å². The molecule has 20 heavy (non-hydrogen) atoms. The van der Waals surface area contributed by atoms with Crippen molar-refractivity contribution in [3.63, 3.8) is 0 Å². The fraction of sp³-hybridized carbons (Fsp3) is 1.00. The van der Waals surface area contributed by atoms with Crippen molar-refractivity contribution in [1.29, 1.82) is 0 Å². The lowest BCUT2D eigenvalue weighted by molar-refractivity contribution is -0.263. The summed E-state index contributed by atoms with van der Waals surface area (Å²) in [6.45, 7) is 10.2. The largest absolute Gasteiger partial charge is 0.414 e. The average molecular weight is 308 g/mol. The summed E-state index contributed by atoms with van der Waals surface area (Å²) in [6.07, 6.45) is -3.16. The maximum absolute atomic E-state index is 10.0. The average Bonchev–Trinajstić information content (AvgIpc) is 2.60. The Morgan fingerprint density at radius 1 is 1.25 bits per heavy atom. The van der Waals surface area contributed by atoms with Gasteiger partial charge in [-0.2, -0.15) is 0 Å². The Hall–Kier alpha value is -0.0231. The summed E-state index contributed by atoms with van der Waals surface area (Å²) in [4.78, 5) is 0. The van der Waals surface area contributed by atoms with Crippen LogP contribution in [0.3, 0.4) is 0 Å². The van der Waals surface area contributed by atoms with Crippen LogP contribution in [0, 0.1) is 0 Å². The van der Waals surface area contributed by atoms with Gasteiger partial charge in [-0.05, 0) is 18.1 Å². The number of aliphatic hydroxyl groups is 3. The minimum atomic E-state index is -1.97. The van der Waals surface area contributed by atoms with Crippen LogP contribution in [0.5, 0.6) is 0 Å². The number of ether oxygens (including phenoxy) is 2. The van der Waals surface area contributed by atoms with Gasteiger partial charge >= 0.3 is 0 Å². The predicted molar refractivity (Wildman–Crippen MR) is 76.9 cm³/mol. The molecule has 1 aliphatic rings. The van der Waals surface area contributed by atoms with Gasteiger partial charge in [0.25, 0.3) is 0 Å². The molecule has 0 aromatic rings. The van der Waals surface area contributed by atoms with Crippen LogP contribution in [0.1, 0.15) is 20.8 Å². The quantitative estimate of drug-likeness (QED) is 0.640. The fourth-order valence-electron chi connectivity index (χ4n) is 1.86. The van der Waals surface area contributed by atoms with Crippen LogP contribution in [0.2, 0.25) is 18.1 Å². The number of rotatable bonds is 5. The van der Waals surface area contributed by atoms with Crippen LogP contribution >= 0.6 is 0 Å². The lowest BCUT2D eigenvalue weighted by Crippen LogP contribution is -2.47. The van der Waals surface area contributed by atoms with Crippen LogP contribution in [0.15, 0.2) is 0 Å². The van der Waals surface area contributed by atoms with Crippen LogP contribution in [0.25, 0.3) is 0 Å². The minimum Gasteiger partial charge on any atom is -0.414 e. The third-order valence-corrected chi connectivity index (χ3v) is 8.99. The van der Waals surface area contributed by atoms with E-state index in [1.165, 1.54) is 7.11 Å². The number of methoxy groups -OCH3 is 1. The molecule has 1 saturated heterocycles. The lowest BCUT2D eigenvalue weighted by atomic mass is 10.1. The summed E-state index contributed by atoms with van der Waals surface area (Å²) in [5.41, 5.74) is 0. The van der Waals surface area contributed by atoms with E-state index in [1.807, 2.05) is 0 Å². The van der Waals surface area contributed by atoms with E-state index in [0.29, 0.717) is 0 Å². The molecule has 1 rings (SSSR count). The Kier molecular flexibility index (Phi) is 5.41. The molecule has 120 valence electrons. The number of hydrogen-bond acceptors (Lipinski definition) is 6. The van der Waals surface area contributed by atoms with Crippen LogP contribution < -0.4 is 0 Å². The molecular weight excluding hydrogens is 280 g/mol. The van der Waals surface area contributed by atoms with Crippen molar-refractivity contribution in [3.8, 4) is 0 Å². The van der Waals surface area contributed by atoms with E-state index in [4.69, 9.17) is 13.9 Å². The molecule has 6 nitrogen and oxygen atoms in total. The van der Waals surface area contributed by atoms with Crippen LogP contribution in [-0.4, -0.2) is 68.1 Å². The first-order valence-electron chi connectivity index (χ1n) is 6.84. The molecule has 0 bridgehead atoms. The Morgan fingerprint density at radius 2 is 1.80 bits per heavy atom. The number of hydrogen-bond donors (Lipinski definition) is 3. The fourth-order valence-corrected chi connectivity index (χ4v) is 2.88. The molecule has 0 aromatic heterocycles.